The Balaban J connectivity index is 1.43. The Labute approximate surface area is 176 Å². The molecule has 30 heavy (non-hydrogen) atoms. The van der Waals surface area contributed by atoms with E-state index in [1.54, 1.807) is 42.7 Å². The molecule has 0 saturated heterocycles. The largest absolute Gasteiger partial charge is 0.467 e. The van der Waals surface area contributed by atoms with Crippen LogP contribution >= 0.6 is 0 Å². The highest BCUT2D eigenvalue weighted by molar-refractivity contribution is 7.84. The minimum Gasteiger partial charge on any atom is -0.467 e. The summed E-state index contributed by atoms with van der Waals surface area (Å²) in [5, 5.41) is 2.81. The van der Waals surface area contributed by atoms with Gasteiger partial charge in [0.25, 0.3) is 5.91 Å². The van der Waals surface area contributed by atoms with Crippen LogP contribution in [0.3, 0.4) is 0 Å². The lowest BCUT2D eigenvalue weighted by Gasteiger charge is -2.04. The van der Waals surface area contributed by atoms with Crippen LogP contribution in [0.25, 0.3) is 11.5 Å². The van der Waals surface area contributed by atoms with Gasteiger partial charge in [-0.05, 0) is 55.5 Å². The number of benzene rings is 2. The second kappa shape index (κ2) is 8.92. The maximum atomic E-state index is 12.6. The molecule has 1 unspecified atom stereocenters. The predicted molar refractivity (Wildman–Crippen MR) is 113 cm³/mol. The van der Waals surface area contributed by atoms with Crippen molar-refractivity contribution in [2.75, 3.05) is 0 Å². The average Bonchev–Trinajstić information content (AvgIpc) is 3.43. The highest BCUT2D eigenvalue weighted by atomic mass is 32.2. The molecular weight excluding hydrogens is 400 g/mol. The van der Waals surface area contributed by atoms with Gasteiger partial charge in [0.05, 0.1) is 35.1 Å². The first kappa shape index (κ1) is 19.8. The molecule has 1 amide bonds. The molecule has 0 radical (unpaired) electrons. The van der Waals surface area contributed by atoms with Gasteiger partial charge in [0, 0.05) is 16.0 Å². The molecule has 4 rings (SSSR count). The van der Waals surface area contributed by atoms with Crippen molar-refractivity contribution in [3.05, 3.63) is 95.8 Å². The number of amides is 1. The van der Waals surface area contributed by atoms with Crippen molar-refractivity contribution in [2.45, 2.75) is 24.1 Å². The first-order chi connectivity index (χ1) is 14.6. The van der Waals surface area contributed by atoms with E-state index in [0.29, 0.717) is 35.2 Å². The Morgan fingerprint density at radius 3 is 2.50 bits per heavy atom. The molecule has 0 bridgehead atoms. The van der Waals surface area contributed by atoms with Crippen molar-refractivity contribution in [1.29, 1.82) is 0 Å². The predicted octanol–water partition coefficient (Wildman–Crippen LogP) is 4.48. The highest BCUT2D eigenvalue weighted by Crippen LogP contribution is 2.24. The van der Waals surface area contributed by atoms with E-state index in [1.165, 1.54) is 0 Å². The topological polar surface area (TPSA) is 85.3 Å². The molecule has 4 aromatic rings. The molecule has 6 nitrogen and oxygen atoms in total. The zero-order valence-corrected chi connectivity index (χ0v) is 17.1. The van der Waals surface area contributed by atoms with Crippen molar-refractivity contribution in [1.82, 2.24) is 10.3 Å². The van der Waals surface area contributed by atoms with Gasteiger partial charge in [0.1, 0.15) is 11.5 Å². The molecule has 152 valence electrons. The molecule has 0 aliphatic carbocycles. The summed E-state index contributed by atoms with van der Waals surface area (Å²) in [7, 11) is -1.20. The van der Waals surface area contributed by atoms with Gasteiger partial charge in [0.2, 0.25) is 5.89 Å². The molecule has 0 spiro atoms. The number of hydrogen-bond acceptors (Lipinski definition) is 5. The van der Waals surface area contributed by atoms with Gasteiger partial charge in [-0.1, -0.05) is 18.2 Å². The summed E-state index contributed by atoms with van der Waals surface area (Å²) < 4.78 is 23.5. The monoisotopic (exact) mass is 420 g/mol. The maximum absolute atomic E-state index is 12.6. The zero-order chi connectivity index (χ0) is 20.9. The van der Waals surface area contributed by atoms with Crippen LogP contribution in [0.4, 0.5) is 0 Å². The van der Waals surface area contributed by atoms with E-state index in [2.05, 4.69) is 10.3 Å². The van der Waals surface area contributed by atoms with E-state index in [1.807, 2.05) is 37.3 Å². The Hall–Kier alpha value is -3.45. The number of nitrogens with one attached hydrogen (secondary N) is 1. The van der Waals surface area contributed by atoms with Crippen LogP contribution in [0.15, 0.2) is 86.7 Å². The number of aryl methyl sites for hydroxylation is 1. The lowest BCUT2D eigenvalue weighted by molar-refractivity contribution is 0.0948. The van der Waals surface area contributed by atoms with Gasteiger partial charge in [-0.25, -0.2) is 4.98 Å². The lowest BCUT2D eigenvalue weighted by atomic mass is 10.1. The summed E-state index contributed by atoms with van der Waals surface area (Å²) in [4.78, 5) is 17.5. The first-order valence-corrected chi connectivity index (χ1v) is 10.7. The van der Waals surface area contributed by atoms with Crippen LogP contribution in [0.5, 0.6) is 0 Å². The summed E-state index contributed by atoms with van der Waals surface area (Å²) in [6.07, 6.45) is 1.57. The van der Waals surface area contributed by atoms with Crippen molar-refractivity contribution >= 4 is 16.7 Å². The van der Waals surface area contributed by atoms with Crippen LogP contribution in [-0.2, 0) is 23.1 Å². The third-order valence-corrected chi connectivity index (χ3v) is 5.90. The average molecular weight is 420 g/mol. The third kappa shape index (κ3) is 4.58. The van der Waals surface area contributed by atoms with E-state index < -0.39 is 10.8 Å². The molecule has 7 heteroatoms. The van der Waals surface area contributed by atoms with Gasteiger partial charge < -0.3 is 14.2 Å². The second-order valence-electron chi connectivity index (χ2n) is 6.66. The summed E-state index contributed by atoms with van der Waals surface area (Å²) in [6.45, 7) is 2.14. The van der Waals surface area contributed by atoms with Gasteiger partial charge in [-0.15, -0.1) is 0 Å². The minimum absolute atomic E-state index is 0.194. The summed E-state index contributed by atoms with van der Waals surface area (Å²) in [5.74, 6) is 1.85. The number of rotatable bonds is 7. The molecule has 1 atom stereocenters. The number of oxazole rings is 1. The van der Waals surface area contributed by atoms with Crippen molar-refractivity contribution in [2.24, 2.45) is 0 Å². The van der Waals surface area contributed by atoms with E-state index in [9.17, 15) is 9.00 Å². The van der Waals surface area contributed by atoms with Crippen LogP contribution < -0.4 is 5.32 Å². The van der Waals surface area contributed by atoms with Crippen LogP contribution in [0.1, 0.15) is 27.6 Å². The molecule has 0 fully saturated rings. The molecule has 0 aliphatic rings. The van der Waals surface area contributed by atoms with E-state index >= 15 is 0 Å². The molecule has 0 saturated carbocycles. The smallest absolute Gasteiger partial charge is 0.251 e. The van der Waals surface area contributed by atoms with Gasteiger partial charge >= 0.3 is 0 Å². The molecule has 1 N–H and O–H groups in total. The normalized spacial score (nSPS) is 11.9. The van der Waals surface area contributed by atoms with E-state index in [0.717, 1.165) is 10.5 Å². The van der Waals surface area contributed by atoms with E-state index in [4.69, 9.17) is 8.83 Å². The fraction of sp³-hybridized carbons (Fsp3) is 0.130. The van der Waals surface area contributed by atoms with Gasteiger partial charge in [-0.3, -0.25) is 9.00 Å². The Morgan fingerprint density at radius 1 is 1.03 bits per heavy atom. The number of carbonyl (C=O) groups excluding carboxylic acids is 1. The minimum atomic E-state index is -1.20. The molecule has 2 aromatic heterocycles. The Morgan fingerprint density at radius 2 is 1.80 bits per heavy atom. The number of hydrogen-bond donors (Lipinski definition) is 1. The number of nitrogens with zero attached hydrogens (tertiary/aromatic N) is 1. The lowest BCUT2D eigenvalue weighted by Crippen LogP contribution is -2.22. The van der Waals surface area contributed by atoms with Gasteiger partial charge in [-0.2, -0.15) is 0 Å². The molecule has 0 aliphatic heterocycles. The molecule has 2 aromatic carbocycles. The van der Waals surface area contributed by atoms with Crippen LogP contribution in [-0.4, -0.2) is 15.1 Å². The van der Waals surface area contributed by atoms with Crippen molar-refractivity contribution in [3.63, 3.8) is 0 Å². The SMILES string of the molecule is Cc1oc(-c2ccc(C(=O)NCc3ccco3)cc2)nc1CS(=O)c1ccccc1. The number of carbonyl (C=O) groups is 1. The van der Waals surface area contributed by atoms with E-state index in [-0.39, 0.29) is 11.7 Å². The fourth-order valence-electron chi connectivity index (χ4n) is 2.91. The van der Waals surface area contributed by atoms with Crippen LogP contribution in [0, 0.1) is 6.92 Å². The van der Waals surface area contributed by atoms with Crippen LogP contribution in [0.2, 0.25) is 0 Å². The second-order valence-corrected chi connectivity index (χ2v) is 8.12. The molecule has 2 heterocycles. The summed E-state index contributed by atoms with van der Waals surface area (Å²) >= 11 is 0. The first-order valence-electron chi connectivity index (χ1n) is 9.41. The molecular formula is C23H20N2O4S. The number of furan rings is 1. The number of aromatic nitrogens is 1. The standard InChI is InChI=1S/C23H20N2O4S/c1-16-21(15-30(27)20-7-3-2-4-8-20)25-23(29-16)18-11-9-17(10-12-18)22(26)24-14-19-6-5-13-28-19/h2-13H,14-15H2,1H3,(H,24,26). The Bertz CT molecular complexity index is 1150. The Kier molecular flexibility index (Phi) is 5.90. The third-order valence-electron chi connectivity index (χ3n) is 4.56. The fourth-order valence-corrected chi connectivity index (χ4v) is 4.06. The van der Waals surface area contributed by atoms with Crippen molar-refractivity contribution < 1.29 is 17.8 Å². The zero-order valence-electron chi connectivity index (χ0n) is 16.3. The summed E-state index contributed by atoms with van der Waals surface area (Å²) in [5.41, 5.74) is 1.93. The van der Waals surface area contributed by atoms with Crippen molar-refractivity contribution in [3.8, 4) is 11.5 Å². The maximum Gasteiger partial charge on any atom is 0.251 e. The quantitative estimate of drug-likeness (QED) is 0.476. The highest BCUT2D eigenvalue weighted by Gasteiger charge is 2.15. The van der Waals surface area contributed by atoms with Gasteiger partial charge in [0.15, 0.2) is 0 Å². The summed E-state index contributed by atoms with van der Waals surface area (Å²) in [6, 6.07) is 19.9.